The van der Waals surface area contributed by atoms with E-state index in [-0.39, 0.29) is 16.1 Å². The maximum absolute atomic E-state index is 13.2. The predicted molar refractivity (Wildman–Crippen MR) is 142 cm³/mol. The summed E-state index contributed by atoms with van der Waals surface area (Å²) in [5.74, 6) is 0.476. The van der Waals surface area contributed by atoms with Gasteiger partial charge in [0.05, 0.1) is 5.56 Å². The zero-order valence-electron chi connectivity index (χ0n) is 21.2. The number of rotatable bonds is 7. The van der Waals surface area contributed by atoms with Crippen molar-refractivity contribution in [3.63, 3.8) is 0 Å². The van der Waals surface area contributed by atoms with E-state index >= 15 is 0 Å². The van der Waals surface area contributed by atoms with Crippen molar-refractivity contribution in [2.45, 2.75) is 37.8 Å². The molecule has 0 bridgehead atoms. The molecule has 0 radical (unpaired) electrons. The Hall–Kier alpha value is -3.66. The van der Waals surface area contributed by atoms with Crippen molar-refractivity contribution >= 4 is 38.9 Å². The molecule has 2 N–H and O–H groups in total. The number of amides is 1. The van der Waals surface area contributed by atoms with Gasteiger partial charge in [0, 0.05) is 43.8 Å². The monoisotopic (exact) mass is 508 g/mol. The first-order valence-electron chi connectivity index (χ1n) is 11.8. The maximum Gasteiger partial charge on any atom is 0.281 e. The van der Waals surface area contributed by atoms with Gasteiger partial charge >= 0.3 is 0 Å². The Kier molecular flexibility index (Phi) is 6.90. The van der Waals surface area contributed by atoms with Crippen LogP contribution in [-0.2, 0) is 10.0 Å². The summed E-state index contributed by atoms with van der Waals surface area (Å²) in [5.41, 5.74) is 1.74. The summed E-state index contributed by atoms with van der Waals surface area (Å²) >= 11 is 0. The quantitative estimate of drug-likeness (QED) is 0.493. The summed E-state index contributed by atoms with van der Waals surface area (Å²) in [5, 5.41) is 2.87. The molecule has 1 aliphatic rings. The molecule has 36 heavy (non-hydrogen) atoms. The average Bonchev–Trinajstić information content (AvgIpc) is 3.11. The van der Waals surface area contributed by atoms with Crippen LogP contribution in [0, 0.1) is 5.92 Å². The molecule has 4 rings (SSSR count). The fraction of sp³-hybridized carbons (Fsp3) is 0.346. The smallest absolute Gasteiger partial charge is 0.281 e. The van der Waals surface area contributed by atoms with Gasteiger partial charge in [-0.25, -0.2) is 14.7 Å². The Bertz CT molecular complexity index is 1370. The highest BCUT2D eigenvalue weighted by atomic mass is 32.2. The first kappa shape index (κ1) is 25.4. The normalized spacial score (nSPS) is 17.0. The number of nitrogens with one attached hydrogen (secondary N) is 2. The minimum Gasteiger partial charge on any atom is -0.378 e. The van der Waals surface area contributed by atoms with Crippen LogP contribution < -0.4 is 19.8 Å². The Morgan fingerprint density at radius 1 is 1.11 bits per heavy atom. The van der Waals surface area contributed by atoms with Crippen LogP contribution in [0.15, 0.2) is 65.8 Å². The highest BCUT2D eigenvalue weighted by molar-refractivity contribution is 7.90. The number of hydrogen-bond acceptors (Lipinski definition) is 8. The lowest BCUT2D eigenvalue weighted by atomic mass is 9.90. The SMILES string of the molecule is CC1CCN(c2ncccc2C(=O)NS(=O)(=O)c2cccc(Nc3cccc(N(C)C)c3)n2)C1(C)C. The van der Waals surface area contributed by atoms with E-state index in [2.05, 4.69) is 45.7 Å². The van der Waals surface area contributed by atoms with E-state index in [1.165, 1.54) is 6.07 Å². The summed E-state index contributed by atoms with van der Waals surface area (Å²) in [4.78, 5) is 25.9. The number of carbonyl (C=O) groups excluding carboxylic acids is 1. The van der Waals surface area contributed by atoms with Crippen LogP contribution in [0.3, 0.4) is 0 Å². The van der Waals surface area contributed by atoms with Gasteiger partial charge in [-0.1, -0.05) is 19.1 Å². The molecule has 10 heteroatoms. The summed E-state index contributed by atoms with van der Waals surface area (Å²) in [6, 6.07) is 15.5. The van der Waals surface area contributed by atoms with Gasteiger partial charge in [0.2, 0.25) is 0 Å². The number of sulfonamides is 1. The van der Waals surface area contributed by atoms with E-state index in [1.807, 2.05) is 43.3 Å². The van der Waals surface area contributed by atoms with Crippen LogP contribution in [0.25, 0.3) is 0 Å². The van der Waals surface area contributed by atoms with Crippen LogP contribution in [0.2, 0.25) is 0 Å². The van der Waals surface area contributed by atoms with E-state index < -0.39 is 15.9 Å². The van der Waals surface area contributed by atoms with Gasteiger partial charge in [0.1, 0.15) is 11.6 Å². The van der Waals surface area contributed by atoms with Crippen LogP contribution in [0.1, 0.15) is 37.6 Å². The number of pyridine rings is 2. The molecule has 1 atom stereocenters. The van der Waals surface area contributed by atoms with Crippen molar-refractivity contribution in [3.05, 3.63) is 66.4 Å². The Labute approximate surface area is 212 Å². The summed E-state index contributed by atoms with van der Waals surface area (Å²) in [6.07, 6.45) is 2.58. The van der Waals surface area contributed by atoms with E-state index in [0.29, 0.717) is 17.6 Å². The van der Waals surface area contributed by atoms with E-state index in [4.69, 9.17) is 0 Å². The van der Waals surface area contributed by atoms with Gasteiger partial charge in [-0.3, -0.25) is 4.79 Å². The highest BCUT2D eigenvalue weighted by Gasteiger charge is 2.40. The number of benzene rings is 1. The topological polar surface area (TPSA) is 108 Å². The van der Waals surface area contributed by atoms with E-state index in [0.717, 1.165) is 24.3 Å². The summed E-state index contributed by atoms with van der Waals surface area (Å²) in [7, 11) is -0.356. The lowest BCUT2D eigenvalue weighted by Crippen LogP contribution is -2.43. The van der Waals surface area contributed by atoms with Gasteiger partial charge < -0.3 is 15.1 Å². The van der Waals surface area contributed by atoms with Crippen molar-refractivity contribution in [2.75, 3.05) is 35.8 Å². The average molecular weight is 509 g/mol. The van der Waals surface area contributed by atoms with Crippen molar-refractivity contribution in [1.82, 2.24) is 14.7 Å². The van der Waals surface area contributed by atoms with Crippen molar-refractivity contribution in [3.8, 4) is 0 Å². The highest BCUT2D eigenvalue weighted by Crippen LogP contribution is 2.38. The number of hydrogen-bond donors (Lipinski definition) is 2. The van der Waals surface area contributed by atoms with Crippen molar-refractivity contribution in [1.29, 1.82) is 0 Å². The molecule has 2 aromatic heterocycles. The number of aromatic nitrogens is 2. The van der Waals surface area contributed by atoms with Gasteiger partial charge in [0.15, 0.2) is 5.03 Å². The molecular weight excluding hydrogens is 476 g/mol. The third kappa shape index (κ3) is 5.13. The number of nitrogens with zero attached hydrogens (tertiary/aromatic N) is 4. The molecule has 0 saturated carbocycles. The molecule has 1 unspecified atom stereocenters. The standard InChI is InChI=1S/C26H32N6O3S/c1-18-14-16-32(26(18,2)3)24-21(11-8-15-27-24)25(33)30-36(34,35)23-13-7-12-22(29-23)28-19-9-6-10-20(17-19)31(4)5/h6-13,15,17-18H,14,16H2,1-5H3,(H,28,29)(H,30,33). The number of carbonyl (C=O) groups is 1. The zero-order valence-corrected chi connectivity index (χ0v) is 22.0. The van der Waals surface area contributed by atoms with Gasteiger partial charge in [-0.15, -0.1) is 0 Å². The Balaban J connectivity index is 1.56. The first-order chi connectivity index (χ1) is 17.0. The second kappa shape index (κ2) is 9.77. The minimum absolute atomic E-state index is 0.207. The molecule has 1 aliphatic heterocycles. The van der Waals surface area contributed by atoms with Crippen molar-refractivity contribution in [2.24, 2.45) is 5.92 Å². The molecule has 1 fully saturated rings. The van der Waals surface area contributed by atoms with Crippen LogP contribution in [0.5, 0.6) is 0 Å². The molecule has 1 amide bonds. The van der Waals surface area contributed by atoms with Gasteiger partial charge in [-0.2, -0.15) is 8.42 Å². The molecule has 1 aromatic carbocycles. The lowest BCUT2D eigenvalue weighted by Gasteiger charge is -2.36. The Morgan fingerprint density at radius 2 is 1.86 bits per heavy atom. The second-order valence-electron chi connectivity index (χ2n) is 9.74. The predicted octanol–water partition coefficient (Wildman–Crippen LogP) is 4.03. The molecule has 3 aromatic rings. The zero-order chi connectivity index (χ0) is 26.1. The maximum atomic E-state index is 13.2. The van der Waals surface area contributed by atoms with Gasteiger partial charge in [-0.05, 0) is 68.7 Å². The summed E-state index contributed by atoms with van der Waals surface area (Å²) < 4.78 is 28.4. The Morgan fingerprint density at radius 3 is 2.56 bits per heavy atom. The van der Waals surface area contributed by atoms with Crippen molar-refractivity contribution < 1.29 is 13.2 Å². The van der Waals surface area contributed by atoms with Gasteiger partial charge in [0.25, 0.3) is 15.9 Å². The fourth-order valence-electron chi connectivity index (χ4n) is 4.27. The van der Waals surface area contributed by atoms with Crippen LogP contribution >= 0.6 is 0 Å². The first-order valence-corrected chi connectivity index (χ1v) is 13.3. The molecule has 1 saturated heterocycles. The third-order valence-electron chi connectivity index (χ3n) is 6.84. The van der Waals surface area contributed by atoms with E-state index in [9.17, 15) is 13.2 Å². The molecule has 3 heterocycles. The molecule has 0 spiro atoms. The minimum atomic E-state index is -4.23. The fourth-order valence-corrected chi connectivity index (χ4v) is 5.21. The largest absolute Gasteiger partial charge is 0.378 e. The molecule has 9 nitrogen and oxygen atoms in total. The number of anilines is 4. The third-order valence-corrected chi connectivity index (χ3v) is 8.07. The van der Waals surface area contributed by atoms with Crippen LogP contribution in [-0.4, -0.2) is 50.5 Å². The van der Waals surface area contributed by atoms with E-state index in [1.54, 1.807) is 30.5 Å². The molecule has 190 valence electrons. The van der Waals surface area contributed by atoms with Crippen LogP contribution in [0.4, 0.5) is 23.0 Å². The second-order valence-corrected chi connectivity index (χ2v) is 11.4. The lowest BCUT2D eigenvalue weighted by molar-refractivity contribution is 0.0981. The molecular formula is C26H32N6O3S. The molecule has 0 aliphatic carbocycles. The summed E-state index contributed by atoms with van der Waals surface area (Å²) in [6.45, 7) is 7.11.